The average Bonchev–Trinajstić information content (AvgIpc) is 2.89. The lowest BCUT2D eigenvalue weighted by molar-refractivity contribution is 0.0728. The number of carbonyl (C=O) groups excluding carboxylic acids is 1. The Morgan fingerprint density at radius 1 is 0.838 bits per heavy atom. The maximum Gasteiger partial charge on any atom is 0.346 e. The van der Waals surface area contributed by atoms with Crippen LogP contribution in [0.5, 0.6) is 11.5 Å². The second-order valence-corrected chi connectivity index (χ2v) is 9.64. The van der Waals surface area contributed by atoms with Gasteiger partial charge in [0.05, 0.1) is 12.2 Å². The van der Waals surface area contributed by atoms with Crippen molar-refractivity contribution in [2.45, 2.75) is 58.3 Å². The summed E-state index contributed by atoms with van der Waals surface area (Å²) in [6, 6.07) is 11.1. The lowest BCUT2D eigenvalue weighted by Gasteiger charge is -2.27. The second-order valence-electron chi connectivity index (χ2n) is 9.64. The number of unbranched alkanes of at least 4 members (excludes halogenated alkanes) is 1. The van der Waals surface area contributed by atoms with Gasteiger partial charge in [-0.25, -0.2) is 18.0 Å². The number of ether oxygens (including phenoxy) is 2. The van der Waals surface area contributed by atoms with Gasteiger partial charge in [0.2, 0.25) is 5.82 Å². The van der Waals surface area contributed by atoms with E-state index in [2.05, 4.69) is 6.92 Å². The molecule has 7 heteroatoms. The van der Waals surface area contributed by atoms with Gasteiger partial charge in [-0.1, -0.05) is 51.3 Å². The smallest absolute Gasteiger partial charge is 0.346 e. The highest BCUT2D eigenvalue weighted by Crippen LogP contribution is 2.37. The van der Waals surface area contributed by atoms with E-state index < -0.39 is 34.8 Å². The fourth-order valence-electron chi connectivity index (χ4n) is 4.67. The van der Waals surface area contributed by atoms with Gasteiger partial charge in [0, 0.05) is 5.56 Å². The summed E-state index contributed by atoms with van der Waals surface area (Å²) in [6.45, 7) is 4.40. The summed E-state index contributed by atoms with van der Waals surface area (Å²) in [4.78, 5) is 12.6. The molecule has 0 bridgehead atoms. The standard InChI is InChI=1S/C30H30F4O3/c1-3-4-17-36-25-16-15-23(27(32)29(25)34)20-9-11-21(12-10-20)37-30(35)24-14-13-22(26(31)28(24)33)19-7-5-18(2)6-8-19/h9-16,18-19H,3-8,17H2,1-2H3. The van der Waals surface area contributed by atoms with Gasteiger partial charge in [0.25, 0.3) is 0 Å². The summed E-state index contributed by atoms with van der Waals surface area (Å²) in [5.74, 6) is -5.00. The first-order valence-electron chi connectivity index (χ1n) is 12.7. The highest BCUT2D eigenvalue weighted by molar-refractivity contribution is 5.91. The predicted octanol–water partition coefficient (Wildman–Crippen LogP) is 8.60. The lowest BCUT2D eigenvalue weighted by Crippen LogP contribution is -2.16. The van der Waals surface area contributed by atoms with E-state index in [1.54, 1.807) is 0 Å². The molecule has 0 aromatic heterocycles. The Morgan fingerprint density at radius 3 is 2.22 bits per heavy atom. The molecule has 3 aromatic rings. The van der Waals surface area contributed by atoms with Crippen molar-refractivity contribution in [3.63, 3.8) is 0 Å². The number of esters is 1. The number of hydrogen-bond donors (Lipinski definition) is 0. The second kappa shape index (κ2) is 11.8. The quantitative estimate of drug-likeness (QED) is 0.131. The minimum atomic E-state index is -1.23. The van der Waals surface area contributed by atoms with E-state index >= 15 is 0 Å². The SMILES string of the molecule is CCCCOc1ccc(-c2ccc(OC(=O)c3ccc(C4CCC(C)CC4)c(F)c3F)cc2)c(F)c1F. The van der Waals surface area contributed by atoms with Crippen LogP contribution in [0, 0.1) is 29.2 Å². The van der Waals surface area contributed by atoms with Crippen molar-refractivity contribution >= 4 is 5.97 Å². The number of rotatable bonds is 8. The summed E-state index contributed by atoms with van der Waals surface area (Å²) in [5, 5.41) is 0. The van der Waals surface area contributed by atoms with Crippen LogP contribution in [0.25, 0.3) is 11.1 Å². The van der Waals surface area contributed by atoms with Crippen molar-refractivity contribution in [1.82, 2.24) is 0 Å². The normalized spacial score (nSPS) is 17.5. The van der Waals surface area contributed by atoms with Crippen LogP contribution in [0.1, 0.15) is 74.2 Å². The largest absolute Gasteiger partial charge is 0.490 e. The number of halogens is 4. The highest BCUT2D eigenvalue weighted by Gasteiger charge is 2.27. The zero-order valence-electron chi connectivity index (χ0n) is 21.0. The molecule has 0 N–H and O–H groups in total. The first-order chi connectivity index (χ1) is 17.8. The van der Waals surface area contributed by atoms with E-state index in [0.29, 0.717) is 23.7 Å². The van der Waals surface area contributed by atoms with E-state index in [4.69, 9.17) is 9.47 Å². The highest BCUT2D eigenvalue weighted by atomic mass is 19.2. The zero-order chi connectivity index (χ0) is 26.5. The fourth-order valence-corrected chi connectivity index (χ4v) is 4.67. The van der Waals surface area contributed by atoms with Gasteiger partial charge in [0.1, 0.15) is 5.75 Å². The molecule has 3 aromatic carbocycles. The van der Waals surface area contributed by atoms with Crippen LogP contribution in [-0.2, 0) is 0 Å². The van der Waals surface area contributed by atoms with Crippen molar-refractivity contribution in [2.75, 3.05) is 6.61 Å². The predicted molar refractivity (Wildman–Crippen MR) is 134 cm³/mol. The lowest BCUT2D eigenvalue weighted by atomic mass is 9.79. The topological polar surface area (TPSA) is 35.5 Å². The van der Waals surface area contributed by atoms with E-state index in [9.17, 15) is 22.4 Å². The Labute approximate surface area is 214 Å². The van der Waals surface area contributed by atoms with Crippen LogP contribution in [0.2, 0.25) is 0 Å². The molecule has 0 heterocycles. The summed E-state index contributed by atoms with van der Waals surface area (Å²) in [7, 11) is 0. The molecule has 4 rings (SSSR count). The molecular weight excluding hydrogens is 484 g/mol. The summed E-state index contributed by atoms with van der Waals surface area (Å²) >= 11 is 0. The van der Waals surface area contributed by atoms with E-state index in [-0.39, 0.29) is 23.0 Å². The van der Waals surface area contributed by atoms with Crippen LogP contribution in [0.4, 0.5) is 17.6 Å². The van der Waals surface area contributed by atoms with Crippen molar-refractivity contribution in [3.8, 4) is 22.6 Å². The van der Waals surface area contributed by atoms with Crippen molar-refractivity contribution in [2.24, 2.45) is 5.92 Å². The first-order valence-corrected chi connectivity index (χ1v) is 12.7. The van der Waals surface area contributed by atoms with Crippen LogP contribution in [0.15, 0.2) is 48.5 Å². The van der Waals surface area contributed by atoms with Crippen LogP contribution in [0.3, 0.4) is 0 Å². The molecule has 0 aliphatic heterocycles. The number of benzene rings is 3. The number of hydrogen-bond acceptors (Lipinski definition) is 3. The van der Waals surface area contributed by atoms with Crippen molar-refractivity contribution in [1.29, 1.82) is 0 Å². The molecule has 1 aliphatic rings. The van der Waals surface area contributed by atoms with Gasteiger partial charge in [0.15, 0.2) is 23.2 Å². The van der Waals surface area contributed by atoms with E-state index in [1.165, 1.54) is 48.5 Å². The van der Waals surface area contributed by atoms with Gasteiger partial charge in [-0.3, -0.25) is 0 Å². The molecule has 0 spiro atoms. The molecular formula is C30H30F4O3. The van der Waals surface area contributed by atoms with Gasteiger partial charge in [-0.2, -0.15) is 4.39 Å². The van der Waals surface area contributed by atoms with Crippen LogP contribution >= 0.6 is 0 Å². The molecule has 1 aliphatic carbocycles. The third-order valence-electron chi connectivity index (χ3n) is 6.97. The van der Waals surface area contributed by atoms with Crippen molar-refractivity contribution < 1.29 is 31.8 Å². The van der Waals surface area contributed by atoms with Gasteiger partial charge in [-0.15, -0.1) is 0 Å². The fraction of sp³-hybridized carbons (Fsp3) is 0.367. The third kappa shape index (κ3) is 5.97. The Hall–Kier alpha value is -3.35. The zero-order valence-corrected chi connectivity index (χ0v) is 21.0. The first kappa shape index (κ1) is 26.7. The summed E-state index contributed by atoms with van der Waals surface area (Å²) in [6.07, 6.45) is 5.08. The number of carbonyl (C=O) groups is 1. The van der Waals surface area contributed by atoms with Gasteiger partial charge >= 0.3 is 5.97 Å². The van der Waals surface area contributed by atoms with Crippen LogP contribution in [-0.4, -0.2) is 12.6 Å². The minimum Gasteiger partial charge on any atom is -0.490 e. The maximum absolute atomic E-state index is 14.8. The Morgan fingerprint density at radius 2 is 1.54 bits per heavy atom. The molecule has 1 fully saturated rings. The Kier molecular flexibility index (Phi) is 8.52. The molecule has 1 saturated carbocycles. The molecule has 0 atom stereocenters. The summed E-state index contributed by atoms with van der Waals surface area (Å²) < 4.78 is 69.2. The van der Waals surface area contributed by atoms with Crippen molar-refractivity contribution in [3.05, 3.63) is 82.9 Å². The molecule has 196 valence electrons. The molecule has 0 radical (unpaired) electrons. The average molecular weight is 515 g/mol. The minimum absolute atomic E-state index is 0.0130. The Balaban J connectivity index is 1.46. The van der Waals surface area contributed by atoms with Gasteiger partial charge < -0.3 is 9.47 Å². The van der Waals surface area contributed by atoms with Gasteiger partial charge in [-0.05, 0) is 72.6 Å². The molecule has 0 unspecified atom stereocenters. The Bertz CT molecular complexity index is 1250. The molecule has 0 saturated heterocycles. The monoisotopic (exact) mass is 514 g/mol. The molecule has 3 nitrogen and oxygen atoms in total. The molecule has 0 amide bonds. The van der Waals surface area contributed by atoms with E-state index in [0.717, 1.165) is 38.5 Å². The molecule has 37 heavy (non-hydrogen) atoms. The maximum atomic E-state index is 14.8. The van der Waals surface area contributed by atoms with E-state index in [1.807, 2.05) is 6.92 Å². The third-order valence-corrected chi connectivity index (χ3v) is 6.97. The summed E-state index contributed by atoms with van der Waals surface area (Å²) in [5.41, 5.74) is 0.154. The van der Waals surface area contributed by atoms with Crippen LogP contribution < -0.4 is 9.47 Å².